The van der Waals surface area contributed by atoms with Gasteiger partial charge in [-0.15, -0.1) is 11.3 Å². The highest BCUT2D eigenvalue weighted by molar-refractivity contribution is 7.13. The number of thiophene rings is 1. The number of hydrogen-bond donors (Lipinski definition) is 0. The number of methoxy groups -OCH3 is 1. The molecular weight excluding hydrogens is 258 g/mol. The maximum absolute atomic E-state index is 5.40. The van der Waals surface area contributed by atoms with Crippen LogP contribution < -0.4 is 4.90 Å². The van der Waals surface area contributed by atoms with E-state index in [-0.39, 0.29) is 0 Å². The molecule has 0 amide bonds. The molecule has 3 rings (SSSR count). The van der Waals surface area contributed by atoms with Crippen molar-refractivity contribution in [3.8, 4) is 10.6 Å². The molecule has 0 aromatic carbocycles. The molecule has 2 aromatic rings. The SMILES string of the molecule is COC1CCN(c2cncc(-c3cccs3)n2)CC1. The quantitative estimate of drug-likeness (QED) is 0.863. The number of piperidine rings is 1. The Morgan fingerprint density at radius 2 is 2.16 bits per heavy atom. The molecule has 19 heavy (non-hydrogen) atoms. The van der Waals surface area contributed by atoms with Gasteiger partial charge in [0.05, 0.1) is 23.4 Å². The van der Waals surface area contributed by atoms with Crippen LogP contribution in [-0.2, 0) is 4.74 Å². The Labute approximate surface area is 117 Å². The first-order chi connectivity index (χ1) is 9.36. The molecule has 2 aromatic heterocycles. The van der Waals surface area contributed by atoms with Crippen LogP contribution in [0.4, 0.5) is 5.82 Å². The van der Waals surface area contributed by atoms with Gasteiger partial charge >= 0.3 is 0 Å². The number of nitrogens with zero attached hydrogens (tertiary/aromatic N) is 3. The number of hydrogen-bond acceptors (Lipinski definition) is 5. The zero-order valence-corrected chi connectivity index (χ0v) is 11.8. The third-order valence-corrected chi connectivity index (χ3v) is 4.39. The molecule has 1 fully saturated rings. The molecule has 1 aliphatic heterocycles. The zero-order valence-electron chi connectivity index (χ0n) is 11.0. The minimum Gasteiger partial charge on any atom is -0.381 e. The number of ether oxygens (including phenoxy) is 1. The fourth-order valence-corrected chi connectivity index (χ4v) is 3.05. The van der Waals surface area contributed by atoms with Crippen LogP contribution in [0.5, 0.6) is 0 Å². The van der Waals surface area contributed by atoms with E-state index in [0.29, 0.717) is 6.10 Å². The highest BCUT2D eigenvalue weighted by Crippen LogP contribution is 2.25. The van der Waals surface area contributed by atoms with Gasteiger partial charge in [0.1, 0.15) is 11.5 Å². The van der Waals surface area contributed by atoms with E-state index in [4.69, 9.17) is 9.72 Å². The van der Waals surface area contributed by atoms with Crippen molar-refractivity contribution in [3.05, 3.63) is 29.9 Å². The molecule has 0 saturated carbocycles. The molecule has 0 radical (unpaired) electrons. The first-order valence-corrected chi connectivity index (χ1v) is 7.38. The predicted molar refractivity (Wildman–Crippen MR) is 77.6 cm³/mol. The smallest absolute Gasteiger partial charge is 0.147 e. The Bertz CT molecular complexity index is 521. The van der Waals surface area contributed by atoms with E-state index < -0.39 is 0 Å². The van der Waals surface area contributed by atoms with Crippen molar-refractivity contribution in [2.75, 3.05) is 25.1 Å². The van der Waals surface area contributed by atoms with Crippen LogP contribution in [0.25, 0.3) is 10.6 Å². The Morgan fingerprint density at radius 3 is 2.84 bits per heavy atom. The summed E-state index contributed by atoms with van der Waals surface area (Å²) in [5, 5.41) is 2.06. The van der Waals surface area contributed by atoms with Crippen LogP contribution in [0.1, 0.15) is 12.8 Å². The fraction of sp³-hybridized carbons (Fsp3) is 0.429. The molecule has 3 heterocycles. The number of anilines is 1. The summed E-state index contributed by atoms with van der Waals surface area (Å²) < 4.78 is 5.40. The molecule has 0 spiro atoms. The molecule has 0 bridgehead atoms. The second kappa shape index (κ2) is 5.67. The van der Waals surface area contributed by atoms with Gasteiger partial charge in [-0.3, -0.25) is 4.98 Å². The summed E-state index contributed by atoms with van der Waals surface area (Å²) >= 11 is 1.69. The van der Waals surface area contributed by atoms with E-state index in [0.717, 1.165) is 37.4 Å². The monoisotopic (exact) mass is 275 g/mol. The van der Waals surface area contributed by atoms with Crippen molar-refractivity contribution in [2.24, 2.45) is 0 Å². The van der Waals surface area contributed by atoms with Gasteiger partial charge in [0, 0.05) is 20.2 Å². The third kappa shape index (κ3) is 2.77. The van der Waals surface area contributed by atoms with Crippen molar-refractivity contribution in [1.82, 2.24) is 9.97 Å². The van der Waals surface area contributed by atoms with Gasteiger partial charge in [-0.1, -0.05) is 6.07 Å². The molecule has 0 unspecified atom stereocenters. The Hall–Kier alpha value is -1.46. The average molecular weight is 275 g/mol. The highest BCUT2D eigenvalue weighted by Gasteiger charge is 2.20. The van der Waals surface area contributed by atoms with Gasteiger partial charge in [0.15, 0.2) is 0 Å². The summed E-state index contributed by atoms with van der Waals surface area (Å²) in [6.45, 7) is 1.97. The summed E-state index contributed by atoms with van der Waals surface area (Å²) in [5.74, 6) is 0.973. The topological polar surface area (TPSA) is 38.2 Å². The predicted octanol–water partition coefficient (Wildman–Crippen LogP) is 2.82. The van der Waals surface area contributed by atoms with Gasteiger partial charge in [0.2, 0.25) is 0 Å². The zero-order chi connectivity index (χ0) is 13.1. The molecular formula is C14H17N3OS. The van der Waals surface area contributed by atoms with Gasteiger partial charge < -0.3 is 9.64 Å². The van der Waals surface area contributed by atoms with Crippen LogP contribution >= 0.6 is 11.3 Å². The second-order valence-corrected chi connectivity index (χ2v) is 5.61. The summed E-state index contributed by atoms with van der Waals surface area (Å²) in [6.07, 6.45) is 6.19. The molecule has 1 aliphatic rings. The largest absolute Gasteiger partial charge is 0.381 e. The lowest BCUT2D eigenvalue weighted by molar-refractivity contribution is 0.0818. The number of rotatable bonds is 3. The van der Waals surface area contributed by atoms with E-state index in [1.165, 1.54) is 4.88 Å². The summed E-state index contributed by atoms with van der Waals surface area (Å²) in [5.41, 5.74) is 0.960. The highest BCUT2D eigenvalue weighted by atomic mass is 32.1. The standard InChI is InChI=1S/C14H17N3OS/c1-18-11-4-6-17(7-5-11)14-10-15-9-12(16-14)13-3-2-8-19-13/h2-3,8-11H,4-7H2,1H3. The van der Waals surface area contributed by atoms with Gasteiger partial charge in [-0.2, -0.15) is 0 Å². The van der Waals surface area contributed by atoms with Crippen LogP contribution in [-0.4, -0.2) is 36.3 Å². The normalized spacial score (nSPS) is 16.8. The Morgan fingerprint density at radius 1 is 1.32 bits per heavy atom. The number of aromatic nitrogens is 2. The van der Waals surface area contributed by atoms with Gasteiger partial charge in [-0.25, -0.2) is 4.98 Å². The van der Waals surface area contributed by atoms with Gasteiger partial charge in [-0.05, 0) is 24.3 Å². The lowest BCUT2D eigenvalue weighted by atomic mass is 10.1. The van der Waals surface area contributed by atoms with Gasteiger partial charge in [0.25, 0.3) is 0 Å². The maximum atomic E-state index is 5.40. The second-order valence-electron chi connectivity index (χ2n) is 4.66. The molecule has 0 aliphatic carbocycles. The minimum atomic E-state index is 0.393. The van der Waals surface area contributed by atoms with E-state index in [1.54, 1.807) is 18.4 Å². The van der Waals surface area contributed by atoms with Crippen LogP contribution in [0.15, 0.2) is 29.9 Å². The van der Waals surface area contributed by atoms with Crippen molar-refractivity contribution >= 4 is 17.2 Å². The molecule has 0 atom stereocenters. The molecule has 5 heteroatoms. The van der Waals surface area contributed by atoms with Crippen LogP contribution in [0.2, 0.25) is 0 Å². The van der Waals surface area contributed by atoms with E-state index >= 15 is 0 Å². The van der Waals surface area contributed by atoms with E-state index in [1.807, 2.05) is 18.5 Å². The first kappa shape index (κ1) is 12.6. The summed E-state index contributed by atoms with van der Waals surface area (Å²) in [6, 6.07) is 4.12. The van der Waals surface area contributed by atoms with Crippen molar-refractivity contribution in [3.63, 3.8) is 0 Å². The first-order valence-electron chi connectivity index (χ1n) is 6.50. The Balaban J connectivity index is 1.77. The van der Waals surface area contributed by atoms with Crippen LogP contribution in [0.3, 0.4) is 0 Å². The summed E-state index contributed by atoms with van der Waals surface area (Å²) in [7, 11) is 1.79. The molecule has 4 nitrogen and oxygen atoms in total. The third-order valence-electron chi connectivity index (χ3n) is 3.49. The molecule has 0 N–H and O–H groups in total. The van der Waals surface area contributed by atoms with Crippen molar-refractivity contribution in [2.45, 2.75) is 18.9 Å². The maximum Gasteiger partial charge on any atom is 0.147 e. The minimum absolute atomic E-state index is 0.393. The lowest BCUT2D eigenvalue weighted by Crippen LogP contribution is -2.37. The van der Waals surface area contributed by atoms with Crippen molar-refractivity contribution in [1.29, 1.82) is 0 Å². The Kier molecular flexibility index (Phi) is 3.75. The molecule has 100 valence electrons. The van der Waals surface area contributed by atoms with E-state index in [9.17, 15) is 0 Å². The average Bonchev–Trinajstić information content (AvgIpc) is 3.02. The van der Waals surface area contributed by atoms with E-state index in [2.05, 4.69) is 21.3 Å². The summed E-state index contributed by atoms with van der Waals surface area (Å²) in [4.78, 5) is 12.5. The van der Waals surface area contributed by atoms with Crippen molar-refractivity contribution < 1.29 is 4.74 Å². The lowest BCUT2D eigenvalue weighted by Gasteiger charge is -2.31. The van der Waals surface area contributed by atoms with Crippen LogP contribution in [0, 0.1) is 0 Å². The fourth-order valence-electron chi connectivity index (χ4n) is 2.37. The molecule has 1 saturated heterocycles.